The molecule has 0 bridgehead atoms. The number of aliphatic hydroxyl groups is 1. The average Bonchev–Trinajstić information content (AvgIpc) is 2.30. The molecule has 18 heavy (non-hydrogen) atoms. The predicted molar refractivity (Wildman–Crippen MR) is 80.6 cm³/mol. The van der Waals surface area contributed by atoms with Gasteiger partial charge in [-0.25, -0.2) is 0 Å². The molecule has 0 spiro atoms. The van der Waals surface area contributed by atoms with E-state index < -0.39 is 6.10 Å². The fourth-order valence-corrected chi connectivity index (χ4v) is 2.42. The van der Waals surface area contributed by atoms with Gasteiger partial charge < -0.3 is 15.3 Å². The molecule has 2 N–H and O–H groups in total. The van der Waals surface area contributed by atoms with E-state index in [-0.39, 0.29) is 0 Å². The number of hydrogen-bond acceptors (Lipinski definition) is 4. The zero-order chi connectivity index (χ0) is 13.9. The molecular formula is C14H26N2OS. The van der Waals surface area contributed by atoms with Gasteiger partial charge >= 0.3 is 0 Å². The van der Waals surface area contributed by atoms with Gasteiger partial charge in [0.1, 0.15) is 6.10 Å². The lowest BCUT2D eigenvalue weighted by atomic mass is 9.91. The van der Waals surface area contributed by atoms with Crippen molar-refractivity contribution in [2.45, 2.75) is 47.1 Å². The summed E-state index contributed by atoms with van der Waals surface area (Å²) < 4.78 is 0. The molecule has 0 radical (unpaired) electrons. The van der Waals surface area contributed by atoms with Crippen LogP contribution in [-0.2, 0) is 0 Å². The van der Waals surface area contributed by atoms with Crippen molar-refractivity contribution in [3.05, 3.63) is 11.4 Å². The number of nitrogens with one attached hydrogen (secondary N) is 1. The molecule has 0 aromatic heterocycles. The van der Waals surface area contributed by atoms with Crippen molar-refractivity contribution in [3.63, 3.8) is 0 Å². The van der Waals surface area contributed by atoms with Crippen molar-refractivity contribution in [1.29, 1.82) is 0 Å². The Labute approximate surface area is 116 Å². The molecule has 0 aliphatic heterocycles. The largest absolute Gasteiger partial charge is 0.384 e. The maximum atomic E-state index is 9.93. The van der Waals surface area contributed by atoms with Crippen LogP contribution in [0.2, 0.25) is 0 Å². The monoisotopic (exact) mass is 270 g/mol. The van der Waals surface area contributed by atoms with Crippen molar-refractivity contribution in [2.75, 3.05) is 19.6 Å². The zero-order valence-electron chi connectivity index (χ0n) is 12.2. The second-order valence-corrected chi connectivity index (χ2v) is 6.38. The molecule has 0 saturated heterocycles. The topological polar surface area (TPSA) is 35.5 Å². The molecule has 1 aliphatic carbocycles. The second-order valence-electron chi connectivity index (χ2n) is 5.94. The Balaban J connectivity index is 2.68. The summed E-state index contributed by atoms with van der Waals surface area (Å²) in [6, 6.07) is 0. The van der Waals surface area contributed by atoms with Gasteiger partial charge in [-0.05, 0) is 25.7 Å². The molecule has 0 heterocycles. The van der Waals surface area contributed by atoms with Crippen LogP contribution in [0.4, 0.5) is 0 Å². The van der Waals surface area contributed by atoms with E-state index in [1.54, 1.807) is 0 Å². The number of nitrogens with zero attached hydrogens (tertiary/aromatic N) is 1. The molecule has 0 aromatic rings. The first-order chi connectivity index (χ1) is 8.31. The molecule has 0 fully saturated rings. The molecule has 4 heteroatoms. The smallest absolute Gasteiger partial charge is 0.133 e. The Morgan fingerprint density at radius 1 is 1.28 bits per heavy atom. The van der Waals surface area contributed by atoms with Gasteiger partial charge in [0.15, 0.2) is 0 Å². The van der Waals surface area contributed by atoms with Crippen LogP contribution in [0, 0.1) is 5.41 Å². The highest BCUT2D eigenvalue weighted by Crippen LogP contribution is 2.28. The third-order valence-corrected chi connectivity index (χ3v) is 3.70. The minimum atomic E-state index is -0.574. The first-order valence-electron chi connectivity index (χ1n) is 6.77. The number of aliphatic hydroxyl groups excluding tert-OH is 1. The summed E-state index contributed by atoms with van der Waals surface area (Å²) in [5, 5.41) is 13.3. The van der Waals surface area contributed by atoms with Crippen molar-refractivity contribution < 1.29 is 5.11 Å². The van der Waals surface area contributed by atoms with E-state index in [0.717, 1.165) is 37.4 Å². The molecule has 1 unspecified atom stereocenters. The van der Waals surface area contributed by atoms with E-state index in [9.17, 15) is 5.11 Å². The van der Waals surface area contributed by atoms with Crippen molar-refractivity contribution >= 4 is 17.1 Å². The third kappa shape index (κ3) is 3.45. The third-order valence-electron chi connectivity index (χ3n) is 3.28. The minimum absolute atomic E-state index is 0.304. The minimum Gasteiger partial charge on any atom is -0.384 e. The standard InChI is InChI=1S/C14H26N2OS/c1-6-16(7-2)11-10(12(17)13(11)18)15-9-8-14(3,4)5/h12,15,17H,6-9H2,1-5H3. The highest BCUT2D eigenvalue weighted by molar-refractivity contribution is 7.81. The molecule has 3 nitrogen and oxygen atoms in total. The molecule has 1 aliphatic rings. The van der Waals surface area contributed by atoms with Crippen molar-refractivity contribution in [1.82, 2.24) is 10.2 Å². The number of hydrogen-bond donors (Lipinski definition) is 2. The van der Waals surface area contributed by atoms with Crippen molar-refractivity contribution in [2.24, 2.45) is 5.41 Å². The Bertz CT molecular complexity index is 340. The van der Waals surface area contributed by atoms with Crippen LogP contribution < -0.4 is 5.32 Å². The van der Waals surface area contributed by atoms with Crippen LogP contribution in [0.25, 0.3) is 0 Å². The van der Waals surface area contributed by atoms with Gasteiger partial charge in [-0.3, -0.25) is 0 Å². The van der Waals surface area contributed by atoms with Gasteiger partial charge in [0.25, 0.3) is 0 Å². The lowest BCUT2D eigenvalue weighted by Crippen LogP contribution is -2.48. The summed E-state index contributed by atoms with van der Waals surface area (Å²) in [5.41, 5.74) is 2.25. The molecule has 0 amide bonds. The van der Waals surface area contributed by atoms with Gasteiger partial charge in [-0.15, -0.1) is 0 Å². The average molecular weight is 270 g/mol. The predicted octanol–water partition coefficient (Wildman–Crippen LogP) is 2.31. The van der Waals surface area contributed by atoms with Crippen molar-refractivity contribution in [3.8, 4) is 0 Å². The Morgan fingerprint density at radius 2 is 1.83 bits per heavy atom. The first-order valence-corrected chi connectivity index (χ1v) is 7.18. The van der Waals surface area contributed by atoms with E-state index >= 15 is 0 Å². The molecule has 104 valence electrons. The van der Waals surface area contributed by atoms with Crippen LogP contribution in [-0.4, -0.2) is 40.6 Å². The van der Waals surface area contributed by atoms with Crippen LogP contribution in [0.3, 0.4) is 0 Å². The Morgan fingerprint density at radius 3 is 2.28 bits per heavy atom. The SMILES string of the molecule is CCN(CC)C1=C(NCCC(C)(C)C)C(O)C1=S. The van der Waals surface area contributed by atoms with E-state index in [2.05, 4.69) is 44.8 Å². The van der Waals surface area contributed by atoms with E-state index in [4.69, 9.17) is 12.2 Å². The van der Waals surface area contributed by atoms with Gasteiger partial charge in [0.05, 0.1) is 16.3 Å². The summed E-state index contributed by atoms with van der Waals surface area (Å²) >= 11 is 5.25. The number of thiocarbonyl (C=S) groups is 1. The van der Waals surface area contributed by atoms with Crippen LogP contribution in [0.1, 0.15) is 41.0 Å². The molecule has 0 aromatic carbocycles. The van der Waals surface area contributed by atoms with Gasteiger partial charge in [0.2, 0.25) is 0 Å². The summed E-state index contributed by atoms with van der Waals surface area (Å²) in [6.07, 6.45) is 0.497. The second kappa shape index (κ2) is 6.02. The lowest BCUT2D eigenvalue weighted by Gasteiger charge is -2.38. The lowest BCUT2D eigenvalue weighted by molar-refractivity contribution is 0.236. The summed E-state index contributed by atoms with van der Waals surface area (Å²) in [4.78, 5) is 2.88. The highest BCUT2D eigenvalue weighted by atomic mass is 32.1. The van der Waals surface area contributed by atoms with Gasteiger partial charge in [-0.2, -0.15) is 0 Å². The molecule has 1 rings (SSSR count). The highest BCUT2D eigenvalue weighted by Gasteiger charge is 2.36. The summed E-state index contributed by atoms with van der Waals surface area (Å²) in [6.45, 7) is 13.6. The zero-order valence-corrected chi connectivity index (χ0v) is 13.0. The fraction of sp³-hybridized carbons (Fsp3) is 0.786. The van der Waals surface area contributed by atoms with E-state index in [1.165, 1.54) is 0 Å². The number of rotatable bonds is 6. The summed E-state index contributed by atoms with van der Waals surface area (Å²) in [5.74, 6) is 0. The fourth-order valence-electron chi connectivity index (χ4n) is 2.06. The quantitative estimate of drug-likeness (QED) is 0.726. The molecule has 0 saturated carbocycles. The Hall–Kier alpha value is -0.610. The Kier molecular flexibility index (Phi) is 5.17. The van der Waals surface area contributed by atoms with Gasteiger partial charge in [0, 0.05) is 19.6 Å². The molecular weight excluding hydrogens is 244 g/mol. The normalized spacial score (nSPS) is 19.9. The van der Waals surface area contributed by atoms with Crippen LogP contribution in [0.15, 0.2) is 11.4 Å². The van der Waals surface area contributed by atoms with Crippen LogP contribution >= 0.6 is 12.2 Å². The summed E-state index contributed by atoms with van der Waals surface area (Å²) in [7, 11) is 0. The molecule has 1 atom stereocenters. The first kappa shape index (κ1) is 15.4. The maximum absolute atomic E-state index is 9.93. The van der Waals surface area contributed by atoms with Gasteiger partial charge in [-0.1, -0.05) is 33.0 Å². The van der Waals surface area contributed by atoms with Crippen LogP contribution in [0.5, 0.6) is 0 Å². The maximum Gasteiger partial charge on any atom is 0.133 e. The van der Waals surface area contributed by atoms with E-state index in [0.29, 0.717) is 10.3 Å². The van der Waals surface area contributed by atoms with E-state index in [1.807, 2.05) is 0 Å².